The number of rotatable bonds is 5. The van der Waals surface area contributed by atoms with Gasteiger partial charge in [0.15, 0.2) is 0 Å². The van der Waals surface area contributed by atoms with Crippen molar-refractivity contribution in [2.45, 2.75) is 32.1 Å². The smallest absolute Gasteiger partial charge is 0.258 e. The van der Waals surface area contributed by atoms with Crippen LogP contribution in [-0.2, 0) is 6.42 Å². The summed E-state index contributed by atoms with van der Waals surface area (Å²) in [6.07, 6.45) is 1.23. The second kappa shape index (κ2) is 5.96. The van der Waals surface area contributed by atoms with Crippen LogP contribution in [0.2, 0.25) is 0 Å². The van der Waals surface area contributed by atoms with E-state index >= 15 is 0 Å². The highest BCUT2D eigenvalue weighted by molar-refractivity contribution is 6.20. The summed E-state index contributed by atoms with van der Waals surface area (Å²) >= 11 is 6.00. The van der Waals surface area contributed by atoms with E-state index in [1.807, 2.05) is 13.8 Å². The van der Waals surface area contributed by atoms with E-state index in [0.717, 1.165) is 12.5 Å². The lowest BCUT2D eigenvalue weighted by Crippen LogP contribution is -2.14. The average molecular weight is 260 g/mol. The van der Waals surface area contributed by atoms with E-state index in [-0.39, 0.29) is 17.0 Å². The van der Waals surface area contributed by atoms with E-state index in [2.05, 4.69) is 0 Å². The molecule has 0 amide bonds. The number of nitro benzene ring substituents is 1. The molecule has 94 valence electrons. The van der Waals surface area contributed by atoms with Crippen LogP contribution in [0.15, 0.2) is 18.2 Å². The fraction of sp³-hybridized carbons (Fsp3) is 0.500. The van der Waals surface area contributed by atoms with E-state index in [1.165, 1.54) is 12.1 Å². The van der Waals surface area contributed by atoms with Gasteiger partial charge in [0.2, 0.25) is 0 Å². The molecule has 0 spiro atoms. The molecule has 2 atom stereocenters. The zero-order valence-corrected chi connectivity index (χ0v) is 10.6. The predicted octanol–water partition coefficient (Wildman–Crippen LogP) is 3.93. The summed E-state index contributed by atoms with van der Waals surface area (Å²) in [6.45, 7) is 3.82. The number of benzene rings is 1. The Morgan fingerprint density at radius 1 is 1.53 bits per heavy atom. The van der Waals surface area contributed by atoms with Gasteiger partial charge in [0, 0.05) is 17.0 Å². The molecule has 2 unspecified atom stereocenters. The molecule has 1 aromatic carbocycles. The normalized spacial score (nSPS) is 14.4. The van der Waals surface area contributed by atoms with E-state index in [1.54, 1.807) is 0 Å². The van der Waals surface area contributed by atoms with Crippen LogP contribution in [0.5, 0.6) is 0 Å². The highest BCUT2D eigenvalue weighted by atomic mass is 35.5. The van der Waals surface area contributed by atoms with Gasteiger partial charge in [-0.2, -0.15) is 0 Å². The number of nitrogens with zero attached hydrogens (tertiary/aromatic N) is 1. The predicted molar refractivity (Wildman–Crippen MR) is 65.9 cm³/mol. The fourth-order valence-corrected chi connectivity index (χ4v) is 2.08. The van der Waals surface area contributed by atoms with Crippen LogP contribution in [0.3, 0.4) is 0 Å². The van der Waals surface area contributed by atoms with Crippen molar-refractivity contribution >= 4 is 17.3 Å². The third-order valence-electron chi connectivity index (χ3n) is 2.89. The summed E-state index contributed by atoms with van der Waals surface area (Å²) in [5.74, 6) is -0.347. The lowest BCUT2D eigenvalue weighted by molar-refractivity contribution is -0.385. The second-order valence-corrected chi connectivity index (χ2v) is 4.77. The topological polar surface area (TPSA) is 43.1 Å². The van der Waals surface area contributed by atoms with E-state index in [0.29, 0.717) is 12.0 Å². The van der Waals surface area contributed by atoms with Gasteiger partial charge in [-0.25, -0.2) is 4.39 Å². The Kier molecular flexibility index (Phi) is 4.87. The summed E-state index contributed by atoms with van der Waals surface area (Å²) in [6, 6.07) is 3.53. The number of hydrogen-bond donors (Lipinski definition) is 0. The van der Waals surface area contributed by atoms with Gasteiger partial charge in [0.25, 0.3) is 5.69 Å². The van der Waals surface area contributed by atoms with Crippen molar-refractivity contribution < 1.29 is 9.31 Å². The van der Waals surface area contributed by atoms with Crippen molar-refractivity contribution in [1.29, 1.82) is 0 Å². The molecule has 1 aromatic rings. The summed E-state index contributed by atoms with van der Waals surface area (Å²) in [7, 11) is 0. The number of halogens is 2. The number of alkyl halides is 1. The van der Waals surface area contributed by atoms with Crippen molar-refractivity contribution in [2.24, 2.45) is 5.92 Å². The van der Waals surface area contributed by atoms with Crippen LogP contribution < -0.4 is 0 Å². The first-order valence-corrected chi connectivity index (χ1v) is 5.96. The lowest BCUT2D eigenvalue weighted by Gasteiger charge is -2.17. The van der Waals surface area contributed by atoms with Crippen LogP contribution >= 0.6 is 11.6 Å². The minimum absolute atomic E-state index is 0.0397. The molecule has 1 rings (SSSR count). The first kappa shape index (κ1) is 13.9. The standard InChI is InChI=1S/C12H15ClFNO2/c1-3-9(8(2)13)6-10-7-11(14)4-5-12(10)15(16)17/h4-5,7-9H,3,6H2,1-2H3. The Labute approximate surface area is 105 Å². The van der Waals surface area contributed by atoms with Gasteiger partial charge in [-0.05, 0) is 31.4 Å². The Morgan fingerprint density at radius 3 is 2.65 bits per heavy atom. The van der Waals surface area contributed by atoms with Crippen molar-refractivity contribution in [2.75, 3.05) is 0 Å². The van der Waals surface area contributed by atoms with Crippen molar-refractivity contribution in [3.63, 3.8) is 0 Å². The third-order valence-corrected chi connectivity index (χ3v) is 3.25. The van der Waals surface area contributed by atoms with Gasteiger partial charge in [-0.15, -0.1) is 11.6 Å². The molecule has 0 aliphatic carbocycles. The van der Waals surface area contributed by atoms with Gasteiger partial charge in [-0.1, -0.05) is 13.3 Å². The van der Waals surface area contributed by atoms with Crippen molar-refractivity contribution in [3.8, 4) is 0 Å². The largest absolute Gasteiger partial charge is 0.272 e. The minimum Gasteiger partial charge on any atom is -0.258 e. The molecule has 17 heavy (non-hydrogen) atoms. The van der Waals surface area contributed by atoms with Crippen LogP contribution in [-0.4, -0.2) is 10.3 Å². The zero-order chi connectivity index (χ0) is 13.0. The molecule has 0 aliphatic heterocycles. The monoisotopic (exact) mass is 259 g/mol. The van der Waals surface area contributed by atoms with Crippen LogP contribution in [0, 0.1) is 21.8 Å². The second-order valence-electron chi connectivity index (χ2n) is 4.08. The third kappa shape index (κ3) is 3.66. The molecule has 0 fully saturated rings. The van der Waals surface area contributed by atoms with Gasteiger partial charge in [-0.3, -0.25) is 10.1 Å². The summed E-state index contributed by atoms with van der Waals surface area (Å²) in [5.41, 5.74) is 0.372. The molecule has 0 heterocycles. The Morgan fingerprint density at radius 2 is 2.18 bits per heavy atom. The van der Waals surface area contributed by atoms with E-state index in [9.17, 15) is 14.5 Å². The van der Waals surface area contributed by atoms with Crippen molar-refractivity contribution in [1.82, 2.24) is 0 Å². The van der Waals surface area contributed by atoms with Gasteiger partial charge in [0.1, 0.15) is 5.82 Å². The highest BCUT2D eigenvalue weighted by Gasteiger charge is 2.20. The quantitative estimate of drug-likeness (QED) is 0.457. The van der Waals surface area contributed by atoms with Gasteiger partial charge >= 0.3 is 0 Å². The molecule has 0 aromatic heterocycles. The Hall–Kier alpha value is -1.16. The summed E-state index contributed by atoms with van der Waals surface area (Å²) in [5, 5.41) is 10.7. The Bertz CT molecular complexity index is 409. The molecule has 0 radical (unpaired) electrons. The number of nitro groups is 1. The van der Waals surface area contributed by atoms with Gasteiger partial charge in [0.05, 0.1) is 4.92 Å². The maximum atomic E-state index is 13.1. The molecule has 5 heteroatoms. The molecule has 0 bridgehead atoms. The van der Waals surface area contributed by atoms with Crippen LogP contribution in [0.25, 0.3) is 0 Å². The molecule has 0 saturated heterocycles. The Balaban J connectivity index is 3.03. The number of hydrogen-bond acceptors (Lipinski definition) is 2. The van der Waals surface area contributed by atoms with E-state index in [4.69, 9.17) is 11.6 Å². The SMILES string of the molecule is CCC(Cc1cc(F)ccc1[N+](=O)[O-])C(C)Cl. The van der Waals surface area contributed by atoms with Crippen LogP contribution in [0.1, 0.15) is 25.8 Å². The lowest BCUT2D eigenvalue weighted by atomic mass is 9.93. The van der Waals surface area contributed by atoms with Crippen LogP contribution in [0.4, 0.5) is 10.1 Å². The molecular weight excluding hydrogens is 245 g/mol. The zero-order valence-electron chi connectivity index (χ0n) is 9.82. The molecule has 0 N–H and O–H groups in total. The average Bonchev–Trinajstić information content (AvgIpc) is 2.25. The summed E-state index contributed by atoms with van der Waals surface area (Å²) < 4.78 is 13.1. The molecule has 0 saturated carbocycles. The highest BCUT2D eigenvalue weighted by Crippen LogP contribution is 2.26. The first-order chi connectivity index (χ1) is 7.95. The maximum absolute atomic E-state index is 13.1. The van der Waals surface area contributed by atoms with Gasteiger partial charge < -0.3 is 0 Å². The first-order valence-electron chi connectivity index (χ1n) is 5.52. The van der Waals surface area contributed by atoms with Crippen molar-refractivity contribution in [3.05, 3.63) is 39.7 Å². The summed E-state index contributed by atoms with van der Waals surface area (Å²) in [4.78, 5) is 10.3. The fourth-order valence-electron chi connectivity index (χ4n) is 1.81. The van der Waals surface area contributed by atoms with E-state index < -0.39 is 10.7 Å². The maximum Gasteiger partial charge on any atom is 0.272 e. The molecular formula is C12H15ClFNO2. The molecule has 3 nitrogen and oxygen atoms in total. The minimum atomic E-state index is -0.486. The molecule has 0 aliphatic rings.